The van der Waals surface area contributed by atoms with Gasteiger partial charge in [0.25, 0.3) is 5.56 Å². The number of sulfonamides is 1. The lowest BCUT2D eigenvalue weighted by atomic mass is 9.92. The van der Waals surface area contributed by atoms with Gasteiger partial charge in [-0.15, -0.1) is 0 Å². The highest BCUT2D eigenvalue weighted by Gasteiger charge is 2.28. The van der Waals surface area contributed by atoms with E-state index in [0.29, 0.717) is 31.4 Å². The summed E-state index contributed by atoms with van der Waals surface area (Å²) in [5.74, 6) is 0. The molecule has 3 heterocycles. The van der Waals surface area contributed by atoms with Gasteiger partial charge in [0.15, 0.2) is 0 Å². The average molecular weight is 414 g/mol. The van der Waals surface area contributed by atoms with E-state index in [-0.39, 0.29) is 22.5 Å². The molecule has 0 unspecified atom stereocenters. The summed E-state index contributed by atoms with van der Waals surface area (Å²) >= 11 is 0. The highest BCUT2D eigenvalue weighted by atomic mass is 32.2. The lowest BCUT2D eigenvalue weighted by molar-refractivity contribution is 0.286. The third-order valence-electron chi connectivity index (χ3n) is 5.14. The van der Waals surface area contributed by atoms with Crippen LogP contribution in [-0.2, 0) is 17.1 Å². The van der Waals surface area contributed by atoms with E-state index in [9.17, 15) is 13.2 Å². The number of nitrogens with zero attached hydrogens (tertiary/aromatic N) is 5. The van der Waals surface area contributed by atoms with E-state index in [2.05, 4.69) is 19.9 Å². The van der Waals surface area contributed by atoms with Crippen molar-refractivity contribution in [2.75, 3.05) is 0 Å². The van der Waals surface area contributed by atoms with Crippen molar-refractivity contribution in [1.82, 2.24) is 29.3 Å². The van der Waals surface area contributed by atoms with Crippen LogP contribution in [0.4, 0.5) is 0 Å². The number of nitrogens with one attached hydrogen (secondary N) is 1. The van der Waals surface area contributed by atoms with E-state index in [1.165, 1.54) is 27.8 Å². The molecule has 1 N–H and O–H groups in total. The number of aromatic nitrogens is 5. The number of rotatable bonds is 5. The largest absolute Gasteiger partial charge is 0.274 e. The highest BCUT2D eigenvalue weighted by molar-refractivity contribution is 7.89. The molecule has 0 saturated heterocycles. The first-order valence-electron chi connectivity index (χ1n) is 9.43. The molecule has 29 heavy (non-hydrogen) atoms. The van der Waals surface area contributed by atoms with Gasteiger partial charge in [0, 0.05) is 43.3 Å². The fourth-order valence-corrected chi connectivity index (χ4v) is 4.91. The second-order valence-electron chi connectivity index (χ2n) is 7.22. The minimum Gasteiger partial charge on any atom is -0.274 e. The van der Waals surface area contributed by atoms with Crippen LogP contribution < -0.4 is 10.3 Å². The first-order valence-corrected chi connectivity index (χ1v) is 10.9. The smallest absolute Gasteiger partial charge is 0.267 e. The van der Waals surface area contributed by atoms with Gasteiger partial charge in [-0.1, -0.05) is 0 Å². The summed E-state index contributed by atoms with van der Waals surface area (Å²) < 4.78 is 30.7. The molecular weight excluding hydrogens is 392 g/mol. The Hall–Kier alpha value is -2.85. The first kappa shape index (κ1) is 19.5. The molecule has 4 rings (SSSR count). The highest BCUT2D eigenvalue weighted by Crippen LogP contribution is 2.28. The molecule has 9 nitrogen and oxygen atoms in total. The number of pyridine rings is 1. The predicted molar refractivity (Wildman–Crippen MR) is 107 cm³/mol. The Morgan fingerprint density at radius 3 is 2.55 bits per heavy atom. The van der Waals surface area contributed by atoms with Crippen LogP contribution in [-0.4, -0.2) is 39.0 Å². The van der Waals surface area contributed by atoms with E-state index in [0.717, 1.165) is 5.56 Å². The summed E-state index contributed by atoms with van der Waals surface area (Å²) in [5.41, 5.74) is 1.38. The maximum Gasteiger partial charge on any atom is 0.267 e. The van der Waals surface area contributed by atoms with Crippen molar-refractivity contribution in [2.24, 2.45) is 7.05 Å². The molecule has 0 amide bonds. The van der Waals surface area contributed by atoms with Crippen LogP contribution in [0.15, 0.2) is 58.7 Å². The third kappa shape index (κ3) is 4.28. The molecule has 0 radical (unpaired) electrons. The zero-order chi connectivity index (χ0) is 20.4. The Balaban J connectivity index is 1.45. The Morgan fingerprint density at radius 2 is 1.90 bits per heavy atom. The zero-order valence-corrected chi connectivity index (χ0v) is 16.8. The fraction of sp³-hybridized carbons (Fsp3) is 0.368. The monoisotopic (exact) mass is 414 g/mol. The summed E-state index contributed by atoms with van der Waals surface area (Å²) in [7, 11) is -1.92. The van der Waals surface area contributed by atoms with Crippen molar-refractivity contribution in [1.29, 1.82) is 0 Å². The van der Waals surface area contributed by atoms with Gasteiger partial charge in [0.05, 0.1) is 17.9 Å². The van der Waals surface area contributed by atoms with E-state index in [1.54, 1.807) is 25.5 Å². The van der Waals surface area contributed by atoms with Crippen LogP contribution >= 0.6 is 0 Å². The van der Waals surface area contributed by atoms with Gasteiger partial charge in [-0.25, -0.2) is 17.8 Å². The molecule has 1 fully saturated rings. The van der Waals surface area contributed by atoms with Crippen LogP contribution in [0.25, 0.3) is 11.3 Å². The summed E-state index contributed by atoms with van der Waals surface area (Å²) in [4.78, 5) is 16.6. The van der Waals surface area contributed by atoms with Crippen LogP contribution in [0.3, 0.4) is 0 Å². The lowest BCUT2D eigenvalue weighted by Crippen LogP contribution is -2.39. The van der Waals surface area contributed by atoms with Crippen molar-refractivity contribution < 1.29 is 8.42 Å². The van der Waals surface area contributed by atoms with Crippen LogP contribution in [0.2, 0.25) is 0 Å². The molecule has 1 aliphatic carbocycles. The minimum absolute atomic E-state index is 0.0572. The number of hydrogen-bond acceptors (Lipinski definition) is 6. The Bertz CT molecular complexity index is 1150. The molecule has 3 aromatic rings. The molecule has 0 bridgehead atoms. The molecule has 0 atom stereocenters. The van der Waals surface area contributed by atoms with E-state index >= 15 is 0 Å². The molecule has 1 aliphatic rings. The molecule has 10 heteroatoms. The van der Waals surface area contributed by atoms with Gasteiger partial charge in [-0.3, -0.25) is 14.5 Å². The summed E-state index contributed by atoms with van der Waals surface area (Å²) in [5, 5.41) is 8.45. The van der Waals surface area contributed by atoms with Crippen molar-refractivity contribution in [3.63, 3.8) is 0 Å². The second-order valence-corrected chi connectivity index (χ2v) is 8.93. The second kappa shape index (κ2) is 7.88. The summed E-state index contributed by atoms with van der Waals surface area (Å²) in [6.07, 6.45) is 8.81. The standard InChI is InChI=1S/C19H22N6O3S/c1-24-13-17(12-21-24)29(27,28)23-15-4-6-16(7-5-15)25-19(26)9-8-18(22-25)14-3-2-10-20-11-14/h2-3,8-13,15-16,23H,4-7H2,1H3. The molecule has 0 aromatic carbocycles. The van der Waals surface area contributed by atoms with Crippen molar-refractivity contribution in [3.05, 3.63) is 59.4 Å². The Morgan fingerprint density at radius 1 is 1.10 bits per heavy atom. The maximum atomic E-state index is 12.5. The maximum absolute atomic E-state index is 12.5. The predicted octanol–water partition coefficient (Wildman–Crippen LogP) is 1.50. The van der Waals surface area contributed by atoms with E-state index < -0.39 is 10.0 Å². The van der Waals surface area contributed by atoms with Crippen LogP contribution in [0.1, 0.15) is 31.7 Å². The SMILES string of the molecule is Cn1cc(S(=O)(=O)NC2CCC(n3nc(-c4cccnc4)ccc3=O)CC2)cn1. The molecule has 0 aliphatic heterocycles. The van der Waals surface area contributed by atoms with Gasteiger partial charge in [-0.05, 0) is 43.9 Å². The first-order chi connectivity index (χ1) is 13.9. The van der Waals surface area contributed by atoms with Gasteiger partial charge in [0.1, 0.15) is 4.90 Å². The molecule has 1 saturated carbocycles. The molecular formula is C19H22N6O3S. The molecule has 0 spiro atoms. The minimum atomic E-state index is -3.60. The number of hydrogen-bond donors (Lipinski definition) is 1. The van der Waals surface area contributed by atoms with Crippen molar-refractivity contribution >= 4 is 10.0 Å². The normalized spacial score (nSPS) is 19.9. The zero-order valence-electron chi connectivity index (χ0n) is 16.0. The van der Waals surface area contributed by atoms with Crippen molar-refractivity contribution in [2.45, 2.75) is 42.7 Å². The Labute approximate surface area is 168 Å². The third-order valence-corrected chi connectivity index (χ3v) is 6.61. The average Bonchev–Trinajstić information content (AvgIpc) is 3.17. The molecule has 152 valence electrons. The fourth-order valence-electron chi connectivity index (χ4n) is 3.62. The summed E-state index contributed by atoms with van der Waals surface area (Å²) in [6.45, 7) is 0. The summed E-state index contributed by atoms with van der Waals surface area (Å²) in [6, 6.07) is 6.71. The topological polar surface area (TPSA) is 112 Å². The van der Waals surface area contributed by atoms with E-state index in [4.69, 9.17) is 0 Å². The Kier molecular flexibility index (Phi) is 5.29. The van der Waals surface area contributed by atoms with Gasteiger partial charge in [-0.2, -0.15) is 10.2 Å². The van der Waals surface area contributed by atoms with E-state index in [1.807, 2.05) is 12.1 Å². The lowest BCUT2D eigenvalue weighted by Gasteiger charge is -2.29. The van der Waals surface area contributed by atoms with Crippen molar-refractivity contribution in [3.8, 4) is 11.3 Å². The van der Waals surface area contributed by atoms with Gasteiger partial charge >= 0.3 is 0 Å². The quantitative estimate of drug-likeness (QED) is 0.677. The van der Waals surface area contributed by atoms with Gasteiger partial charge < -0.3 is 0 Å². The molecule has 3 aromatic heterocycles. The van der Waals surface area contributed by atoms with Crippen LogP contribution in [0.5, 0.6) is 0 Å². The van der Waals surface area contributed by atoms with Gasteiger partial charge in [0.2, 0.25) is 10.0 Å². The van der Waals surface area contributed by atoms with Crippen LogP contribution in [0, 0.1) is 0 Å². The number of aryl methyl sites for hydroxylation is 1.